The molecule has 4 rings (SSSR count). The summed E-state index contributed by atoms with van der Waals surface area (Å²) >= 11 is 0. The monoisotopic (exact) mass is 402 g/mol. The summed E-state index contributed by atoms with van der Waals surface area (Å²) in [7, 11) is 1.74. The molecule has 1 saturated heterocycles. The number of nitrogens with zero attached hydrogens (tertiary/aromatic N) is 3. The van der Waals surface area contributed by atoms with Crippen LogP contribution >= 0.6 is 0 Å². The molecule has 7 nitrogen and oxygen atoms in total. The Morgan fingerprint density at radius 2 is 2.17 bits per heavy atom. The Labute approximate surface area is 167 Å². The van der Waals surface area contributed by atoms with E-state index in [-0.39, 0.29) is 18.5 Å². The van der Waals surface area contributed by atoms with Crippen molar-refractivity contribution in [2.75, 3.05) is 12.4 Å². The van der Waals surface area contributed by atoms with E-state index < -0.39 is 17.7 Å². The average molecular weight is 402 g/mol. The van der Waals surface area contributed by atoms with E-state index >= 15 is 0 Å². The summed E-state index contributed by atoms with van der Waals surface area (Å²) < 4.78 is 26.8. The quantitative estimate of drug-likeness (QED) is 0.636. The van der Waals surface area contributed by atoms with Crippen molar-refractivity contribution < 1.29 is 13.6 Å². The van der Waals surface area contributed by atoms with Gasteiger partial charge in [-0.25, -0.2) is 18.7 Å². The third kappa shape index (κ3) is 3.61. The molecule has 0 spiro atoms. The standard InChI is InChI=1S/C20H24F2N6O/c1-11-9-25-19(26-13(8-23)10-24-2)27-17(11)12-5-14-3-4-15(6-12)28(14)18(29)16-7-20(16,21)22/h5,8-10,14-16,23-24H,3-4,6-7H2,1-2H3,(H,25,26,27)/b13-10+,23-8?/t14-,15+,16+/m1/s1. The largest absolute Gasteiger partial charge is 0.392 e. The second-order valence-corrected chi connectivity index (χ2v) is 7.84. The van der Waals surface area contributed by atoms with Crippen LogP contribution in [0.15, 0.2) is 24.2 Å². The topological polar surface area (TPSA) is 94.0 Å². The van der Waals surface area contributed by atoms with Crippen molar-refractivity contribution in [3.05, 3.63) is 35.4 Å². The number of carbonyl (C=O) groups is 1. The molecule has 1 amide bonds. The average Bonchev–Trinajstić information content (AvgIpc) is 3.25. The molecule has 0 aromatic carbocycles. The van der Waals surface area contributed by atoms with Gasteiger partial charge < -0.3 is 20.9 Å². The zero-order valence-corrected chi connectivity index (χ0v) is 16.4. The van der Waals surface area contributed by atoms with Crippen molar-refractivity contribution in [2.24, 2.45) is 5.92 Å². The molecule has 1 aromatic heterocycles. The van der Waals surface area contributed by atoms with Crippen molar-refractivity contribution in [3.63, 3.8) is 0 Å². The highest BCUT2D eigenvalue weighted by Crippen LogP contribution is 2.51. The summed E-state index contributed by atoms with van der Waals surface area (Å²) in [5.74, 6) is -4.01. The number of hydrogen-bond donors (Lipinski definition) is 3. The summed E-state index contributed by atoms with van der Waals surface area (Å²) in [5.41, 5.74) is 3.23. The number of hydrogen-bond acceptors (Lipinski definition) is 6. The van der Waals surface area contributed by atoms with Gasteiger partial charge in [0.2, 0.25) is 11.9 Å². The lowest BCUT2D eigenvalue weighted by Crippen LogP contribution is -2.44. The van der Waals surface area contributed by atoms with Gasteiger partial charge in [-0.2, -0.15) is 0 Å². The summed E-state index contributed by atoms with van der Waals surface area (Å²) in [5, 5.41) is 13.3. The van der Waals surface area contributed by atoms with E-state index in [1.165, 1.54) is 0 Å². The minimum Gasteiger partial charge on any atom is -0.392 e. The molecule has 2 fully saturated rings. The van der Waals surface area contributed by atoms with Crippen LogP contribution in [0.25, 0.3) is 5.57 Å². The molecule has 29 heavy (non-hydrogen) atoms. The number of fused-ring (bicyclic) bond motifs is 2. The minimum atomic E-state index is -2.84. The van der Waals surface area contributed by atoms with Gasteiger partial charge in [-0.05, 0) is 37.3 Å². The third-order valence-corrected chi connectivity index (χ3v) is 5.76. The Balaban J connectivity index is 1.57. The molecule has 0 unspecified atom stereocenters. The van der Waals surface area contributed by atoms with Gasteiger partial charge in [0, 0.05) is 38.1 Å². The van der Waals surface area contributed by atoms with E-state index in [2.05, 4.69) is 20.6 Å². The Bertz CT molecular complexity index is 912. The summed E-state index contributed by atoms with van der Waals surface area (Å²) in [4.78, 5) is 23.1. The van der Waals surface area contributed by atoms with Gasteiger partial charge in [0.15, 0.2) is 0 Å². The molecule has 9 heteroatoms. The Morgan fingerprint density at radius 1 is 1.41 bits per heavy atom. The van der Waals surface area contributed by atoms with Gasteiger partial charge in [0.1, 0.15) is 5.92 Å². The zero-order chi connectivity index (χ0) is 20.8. The first-order chi connectivity index (χ1) is 13.8. The molecule has 1 aromatic rings. The van der Waals surface area contributed by atoms with E-state index in [1.54, 1.807) is 24.3 Å². The molecule has 2 bridgehead atoms. The Hall–Kier alpha value is -2.84. The number of aryl methyl sites for hydroxylation is 1. The molecular weight excluding hydrogens is 378 g/mol. The second kappa shape index (κ2) is 7.20. The van der Waals surface area contributed by atoms with Crippen LogP contribution in [-0.4, -0.2) is 52.0 Å². The summed E-state index contributed by atoms with van der Waals surface area (Å²) in [6.45, 7) is 1.92. The third-order valence-electron chi connectivity index (χ3n) is 5.76. The maximum absolute atomic E-state index is 13.4. The van der Waals surface area contributed by atoms with Gasteiger partial charge in [-0.1, -0.05) is 6.08 Å². The minimum absolute atomic E-state index is 0.0593. The normalized spacial score (nSPS) is 27.3. The zero-order valence-electron chi connectivity index (χ0n) is 16.4. The highest BCUT2D eigenvalue weighted by molar-refractivity contribution is 5.85. The predicted octanol–water partition coefficient (Wildman–Crippen LogP) is 2.71. The summed E-state index contributed by atoms with van der Waals surface area (Å²) in [6.07, 6.45) is 8.39. The Kier molecular flexibility index (Phi) is 4.84. The van der Waals surface area contributed by atoms with Crippen LogP contribution < -0.4 is 10.6 Å². The first-order valence-electron chi connectivity index (χ1n) is 9.73. The van der Waals surface area contributed by atoms with Crippen molar-refractivity contribution >= 4 is 23.6 Å². The first kappa shape index (κ1) is 19.5. The maximum atomic E-state index is 13.4. The fourth-order valence-electron chi connectivity index (χ4n) is 4.24. The van der Waals surface area contributed by atoms with Crippen molar-refractivity contribution in [1.82, 2.24) is 20.2 Å². The maximum Gasteiger partial charge on any atom is 0.260 e. The molecule has 3 N–H and O–H groups in total. The number of rotatable bonds is 6. The fraction of sp³-hybridized carbons (Fsp3) is 0.500. The van der Waals surface area contributed by atoms with Crippen LogP contribution in [0.5, 0.6) is 0 Å². The molecule has 3 atom stereocenters. The van der Waals surface area contributed by atoms with Crippen molar-refractivity contribution in [3.8, 4) is 0 Å². The molecule has 154 valence electrons. The van der Waals surface area contributed by atoms with Crippen LogP contribution in [0, 0.1) is 18.3 Å². The second-order valence-electron chi connectivity index (χ2n) is 7.84. The number of aromatic nitrogens is 2. The highest BCUT2D eigenvalue weighted by Gasteiger charge is 2.63. The Morgan fingerprint density at radius 3 is 2.79 bits per heavy atom. The van der Waals surface area contributed by atoms with Crippen LogP contribution in [0.1, 0.15) is 36.9 Å². The molecule has 0 radical (unpaired) electrons. The summed E-state index contributed by atoms with van der Waals surface area (Å²) in [6, 6.07) is -0.212. The van der Waals surface area contributed by atoms with E-state index in [9.17, 15) is 13.6 Å². The van der Waals surface area contributed by atoms with Gasteiger partial charge in [-0.15, -0.1) is 0 Å². The van der Waals surface area contributed by atoms with Crippen LogP contribution in [0.3, 0.4) is 0 Å². The smallest absolute Gasteiger partial charge is 0.260 e. The lowest BCUT2D eigenvalue weighted by Gasteiger charge is -2.34. The van der Waals surface area contributed by atoms with Crippen molar-refractivity contribution in [2.45, 2.75) is 50.6 Å². The molecule has 3 heterocycles. The molecule has 3 aliphatic rings. The number of halogens is 2. The number of carbonyl (C=O) groups excluding carboxylic acids is 1. The van der Waals surface area contributed by atoms with Gasteiger partial charge in [-0.3, -0.25) is 4.79 Å². The van der Waals surface area contributed by atoms with Gasteiger partial charge in [0.25, 0.3) is 5.92 Å². The lowest BCUT2D eigenvalue weighted by atomic mass is 9.96. The van der Waals surface area contributed by atoms with Crippen LogP contribution in [-0.2, 0) is 4.79 Å². The molecule has 2 aliphatic heterocycles. The number of alkyl halides is 2. The molecule has 1 saturated carbocycles. The van der Waals surface area contributed by atoms with Gasteiger partial charge >= 0.3 is 0 Å². The van der Waals surface area contributed by atoms with Crippen molar-refractivity contribution in [1.29, 1.82) is 5.41 Å². The van der Waals surface area contributed by atoms with E-state index in [0.717, 1.165) is 35.9 Å². The van der Waals surface area contributed by atoms with Gasteiger partial charge in [0.05, 0.1) is 17.4 Å². The number of anilines is 1. The molecular formula is C20H24F2N6O. The van der Waals surface area contributed by atoms with E-state index in [1.807, 2.05) is 13.0 Å². The lowest BCUT2D eigenvalue weighted by molar-refractivity contribution is -0.137. The van der Waals surface area contributed by atoms with Crippen LogP contribution in [0.4, 0.5) is 14.7 Å². The van der Waals surface area contributed by atoms with Crippen LogP contribution in [0.2, 0.25) is 0 Å². The van der Waals surface area contributed by atoms with E-state index in [0.29, 0.717) is 18.1 Å². The fourth-order valence-corrected chi connectivity index (χ4v) is 4.24. The first-order valence-corrected chi connectivity index (χ1v) is 9.73. The molecule has 1 aliphatic carbocycles. The SMILES string of the molecule is CN/C=C(\C=N)Nc1ncc(C)c(C2=C[C@H]3CC[C@@H](C2)N3C(=O)[C@@H]2CC2(F)F)n1. The number of allylic oxidation sites excluding steroid dienone is 1. The number of amides is 1. The van der Waals surface area contributed by atoms with E-state index in [4.69, 9.17) is 5.41 Å². The number of nitrogens with one attached hydrogen (secondary N) is 3. The predicted molar refractivity (Wildman–Crippen MR) is 106 cm³/mol. The highest BCUT2D eigenvalue weighted by atomic mass is 19.3.